The van der Waals surface area contributed by atoms with Crippen molar-refractivity contribution in [2.75, 3.05) is 66.8 Å². The number of nitrogens with one attached hydrogen (secondary N) is 1. The molecule has 8 nitrogen and oxygen atoms in total. The molecule has 1 aromatic carbocycles. The molecule has 2 heterocycles. The number of rotatable bonds is 8. The molecule has 2 fully saturated rings. The van der Waals surface area contributed by atoms with Crippen LogP contribution in [0, 0.1) is 0 Å². The molecule has 0 spiro atoms. The molecule has 30 heavy (non-hydrogen) atoms. The molecule has 2 aliphatic heterocycles. The van der Waals surface area contributed by atoms with Crippen LogP contribution in [0.3, 0.4) is 0 Å². The van der Waals surface area contributed by atoms with Crippen molar-refractivity contribution in [3.05, 3.63) is 17.7 Å². The number of benzene rings is 1. The second-order valence-electron chi connectivity index (χ2n) is 7.59. The molecule has 2 saturated heterocycles. The van der Waals surface area contributed by atoms with E-state index in [-0.39, 0.29) is 24.9 Å². The van der Waals surface area contributed by atoms with Gasteiger partial charge in [-0.25, -0.2) is 0 Å². The van der Waals surface area contributed by atoms with Gasteiger partial charge in [0.25, 0.3) is 5.91 Å². The highest BCUT2D eigenvalue weighted by atomic mass is 35.5. The summed E-state index contributed by atoms with van der Waals surface area (Å²) < 4.78 is 22.1. The van der Waals surface area contributed by atoms with Crippen LogP contribution in [0.15, 0.2) is 12.1 Å². The average Bonchev–Trinajstić information content (AvgIpc) is 2.77. The van der Waals surface area contributed by atoms with Gasteiger partial charge in [0.1, 0.15) is 19.3 Å². The zero-order valence-electron chi connectivity index (χ0n) is 17.8. The molecule has 3 rings (SSSR count). The van der Waals surface area contributed by atoms with Crippen molar-refractivity contribution < 1.29 is 46.2 Å². The van der Waals surface area contributed by atoms with Gasteiger partial charge in [0, 0.05) is 18.7 Å². The van der Waals surface area contributed by atoms with E-state index in [1.165, 1.54) is 38.4 Å². The van der Waals surface area contributed by atoms with Crippen LogP contribution < -0.4 is 31.5 Å². The van der Waals surface area contributed by atoms with Gasteiger partial charge in [-0.15, -0.1) is 0 Å². The Morgan fingerprint density at radius 3 is 2.30 bits per heavy atom. The summed E-state index contributed by atoms with van der Waals surface area (Å²) in [7, 11) is 3.05. The molecule has 1 unspecified atom stereocenters. The molecule has 9 heteroatoms. The first-order chi connectivity index (χ1) is 14.1. The number of methoxy groups -OCH3 is 2. The molecule has 1 aromatic rings. The maximum atomic E-state index is 12.8. The summed E-state index contributed by atoms with van der Waals surface area (Å²) >= 11 is 0. The van der Waals surface area contributed by atoms with E-state index in [2.05, 4.69) is 0 Å². The largest absolute Gasteiger partial charge is 1.00 e. The van der Waals surface area contributed by atoms with E-state index in [9.17, 15) is 9.90 Å². The number of halogens is 1. The zero-order chi connectivity index (χ0) is 20.6. The van der Waals surface area contributed by atoms with Crippen molar-refractivity contribution in [2.24, 2.45) is 0 Å². The topological polar surface area (TPSA) is 81.9 Å². The molecule has 1 atom stereocenters. The van der Waals surface area contributed by atoms with Gasteiger partial charge < -0.3 is 46.3 Å². The van der Waals surface area contributed by atoms with E-state index in [1.54, 1.807) is 17.0 Å². The normalized spacial score (nSPS) is 18.3. The summed E-state index contributed by atoms with van der Waals surface area (Å²) in [4.78, 5) is 16.0. The van der Waals surface area contributed by atoms with E-state index >= 15 is 0 Å². The lowest BCUT2D eigenvalue weighted by Gasteiger charge is -2.27. The van der Waals surface area contributed by atoms with Crippen LogP contribution in [0.1, 0.15) is 29.6 Å². The lowest BCUT2D eigenvalue weighted by Crippen LogP contribution is -3.14. The molecule has 2 N–H and O–H groups in total. The van der Waals surface area contributed by atoms with E-state index in [0.717, 1.165) is 13.1 Å². The maximum absolute atomic E-state index is 12.8. The minimum atomic E-state index is -0.577. The van der Waals surface area contributed by atoms with Gasteiger partial charge in [0.05, 0.1) is 40.5 Å². The maximum Gasteiger partial charge on any atom is 0.254 e. The number of quaternary nitrogens is 1. The number of morpholine rings is 1. The highest BCUT2D eigenvalue weighted by Crippen LogP contribution is 2.39. The zero-order valence-corrected chi connectivity index (χ0v) is 18.6. The van der Waals surface area contributed by atoms with Crippen LogP contribution in [0.25, 0.3) is 0 Å². The smallest absolute Gasteiger partial charge is 0.254 e. The second-order valence-corrected chi connectivity index (χ2v) is 7.59. The third-order valence-corrected chi connectivity index (χ3v) is 5.51. The fourth-order valence-corrected chi connectivity index (χ4v) is 3.92. The van der Waals surface area contributed by atoms with Gasteiger partial charge in [0.15, 0.2) is 11.5 Å². The number of likely N-dealkylation sites (tertiary alicyclic amines) is 1. The Bertz CT molecular complexity index is 652. The predicted molar refractivity (Wildman–Crippen MR) is 107 cm³/mol. The first-order valence-corrected chi connectivity index (χ1v) is 10.4. The molecule has 0 radical (unpaired) electrons. The Balaban J connectivity index is 0.00000320. The van der Waals surface area contributed by atoms with Crippen molar-refractivity contribution in [3.8, 4) is 17.2 Å². The molecule has 0 aromatic heterocycles. The van der Waals surface area contributed by atoms with Crippen LogP contribution in [-0.2, 0) is 4.74 Å². The monoisotopic (exact) mass is 444 g/mol. The van der Waals surface area contributed by atoms with Crippen molar-refractivity contribution in [1.29, 1.82) is 0 Å². The van der Waals surface area contributed by atoms with Crippen LogP contribution in [0.5, 0.6) is 17.2 Å². The molecule has 0 saturated carbocycles. The SMILES string of the molecule is COc1cc(C(=O)N2CCOCC2)cc(OC)c1OCC(O)C[NH+]1CCCCC1.[Cl-]. The number of nitrogens with zero attached hydrogens (tertiary/aromatic N) is 1. The predicted octanol–water partition coefficient (Wildman–Crippen LogP) is -3.01. The van der Waals surface area contributed by atoms with Crippen LogP contribution >= 0.6 is 0 Å². The number of amides is 1. The minimum absolute atomic E-state index is 0. The van der Waals surface area contributed by atoms with Gasteiger partial charge in [-0.05, 0) is 31.4 Å². The highest BCUT2D eigenvalue weighted by molar-refractivity contribution is 5.95. The van der Waals surface area contributed by atoms with E-state index in [1.807, 2.05) is 0 Å². The molecular weight excluding hydrogens is 412 g/mol. The van der Waals surface area contributed by atoms with E-state index in [0.29, 0.717) is 55.7 Å². The van der Waals surface area contributed by atoms with E-state index < -0.39 is 6.10 Å². The van der Waals surface area contributed by atoms with Gasteiger partial charge >= 0.3 is 0 Å². The minimum Gasteiger partial charge on any atom is -1.00 e. The van der Waals surface area contributed by atoms with Crippen molar-refractivity contribution >= 4 is 5.91 Å². The second kappa shape index (κ2) is 12.2. The number of aliphatic hydroxyl groups excluding tert-OH is 1. The van der Waals surface area contributed by atoms with Gasteiger partial charge in [0.2, 0.25) is 5.75 Å². The van der Waals surface area contributed by atoms with Gasteiger partial charge in [-0.3, -0.25) is 4.79 Å². The molecule has 2 aliphatic rings. The summed E-state index contributed by atoms with van der Waals surface area (Å²) in [5.41, 5.74) is 0.478. The fraction of sp³-hybridized carbons (Fsp3) is 0.667. The first kappa shape index (κ1) is 24.5. The molecule has 0 bridgehead atoms. The number of ether oxygens (including phenoxy) is 4. The molecule has 170 valence electrons. The molecular formula is C21H33ClN2O6. The number of carbonyl (C=O) groups is 1. The van der Waals surface area contributed by atoms with Crippen LogP contribution in [-0.4, -0.2) is 88.8 Å². The van der Waals surface area contributed by atoms with Gasteiger partial charge in [-0.2, -0.15) is 0 Å². The highest BCUT2D eigenvalue weighted by Gasteiger charge is 2.24. The third-order valence-electron chi connectivity index (χ3n) is 5.51. The summed E-state index contributed by atoms with van der Waals surface area (Å²) in [6.45, 7) is 5.21. The fourth-order valence-electron chi connectivity index (χ4n) is 3.92. The summed E-state index contributed by atoms with van der Waals surface area (Å²) in [5.74, 6) is 1.14. The Kier molecular flexibility index (Phi) is 9.97. The summed E-state index contributed by atoms with van der Waals surface area (Å²) in [6, 6.07) is 3.33. The Labute approximate surface area is 184 Å². The Hall–Kier alpha value is -1.74. The lowest BCUT2D eigenvalue weighted by molar-refractivity contribution is -0.908. The van der Waals surface area contributed by atoms with Crippen molar-refractivity contribution in [1.82, 2.24) is 4.90 Å². The standard InChI is InChI=1S/C21H32N2O6.ClH/c1-26-18-12-16(21(25)23-8-10-28-11-9-23)13-19(27-2)20(18)29-15-17(24)14-22-6-4-3-5-7-22;/h12-13,17,24H,3-11,14-15H2,1-2H3;1H. The van der Waals surface area contributed by atoms with Crippen LogP contribution in [0.2, 0.25) is 0 Å². The quantitative estimate of drug-likeness (QED) is 0.444. The Morgan fingerprint density at radius 1 is 1.13 bits per heavy atom. The van der Waals surface area contributed by atoms with E-state index in [4.69, 9.17) is 18.9 Å². The number of hydrogen-bond acceptors (Lipinski definition) is 6. The number of aliphatic hydroxyl groups is 1. The van der Waals surface area contributed by atoms with Crippen LogP contribution in [0.4, 0.5) is 0 Å². The number of hydrogen-bond donors (Lipinski definition) is 2. The molecule has 1 amide bonds. The average molecular weight is 445 g/mol. The third kappa shape index (κ3) is 6.38. The summed E-state index contributed by atoms with van der Waals surface area (Å²) in [5, 5.41) is 10.4. The molecule has 0 aliphatic carbocycles. The van der Waals surface area contributed by atoms with Crippen molar-refractivity contribution in [3.63, 3.8) is 0 Å². The first-order valence-electron chi connectivity index (χ1n) is 10.4. The van der Waals surface area contributed by atoms with Crippen molar-refractivity contribution in [2.45, 2.75) is 25.4 Å². The lowest BCUT2D eigenvalue weighted by atomic mass is 10.1. The summed E-state index contributed by atoms with van der Waals surface area (Å²) in [6.07, 6.45) is 3.12. The number of piperidine rings is 1. The Morgan fingerprint density at radius 2 is 1.73 bits per heavy atom. The van der Waals surface area contributed by atoms with Gasteiger partial charge in [-0.1, -0.05) is 0 Å². The number of carbonyl (C=O) groups excluding carboxylic acids is 1.